The quantitative estimate of drug-likeness (QED) is 0.0866. The van der Waals surface area contributed by atoms with Gasteiger partial charge in [-0.1, -0.05) is 23.3 Å². The monoisotopic (exact) mass is 898 g/mol. The highest BCUT2D eigenvalue weighted by Gasteiger charge is 2.36. The molecule has 2 amide bonds. The lowest BCUT2D eigenvalue weighted by atomic mass is 9.79. The van der Waals surface area contributed by atoms with Gasteiger partial charge in [-0.25, -0.2) is 28.9 Å². The van der Waals surface area contributed by atoms with Gasteiger partial charge in [0.2, 0.25) is 0 Å². The summed E-state index contributed by atoms with van der Waals surface area (Å²) in [4.78, 5) is 59.4. The fraction of sp³-hybridized carbons (Fsp3) is 0.600. The minimum Gasteiger partial charge on any atom is -0.489 e. The molecule has 4 aromatic heterocycles. The number of carboxylic acids is 2. The maximum absolute atomic E-state index is 13.0. The summed E-state index contributed by atoms with van der Waals surface area (Å²) in [5.41, 5.74) is 3.47. The second kappa shape index (κ2) is 20.2. The van der Waals surface area contributed by atoms with Crippen molar-refractivity contribution < 1.29 is 48.3 Å². The molecule has 4 aliphatic rings. The molecule has 4 N–H and O–H groups in total. The van der Waals surface area contributed by atoms with Crippen LogP contribution in [0, 0.1) is 37.5 Å². The summed E-state index contributed by atoms with van der Waals surface area (Å²) in [6.45, 7) is 4.26. The lowest BCUT2D eigenvalue weighted by Gasteiger charge is -2.33. The van der Waals surface area contributed by atoms with E-state index in [1.807, 2.05) is 6.92 Å². The van der Waals surface area contributed by atoms with Crippen LogP contribution in [0.25, 0.3) is 22.8 Å². The van der Waals surface area contributed by atoms with Crippen LogP contribution in [0.3, 0.4) is 0 Å². The van der Waals surface area contributed by atoms with Crippen LogP contribution in [-0.4, -0.2) is 99.2 Å². The van der Waals surface area contributed by atoms with Crippen molar-refractivity contribution in [3.63, 3.8) is 0 Å². The topological polar surface area (TPSA) is 257 Å². The van der Waals surface area contributed by atoms with Crippen molar-refractivity contribution in [1.29, 1.82) is 0 Å². The van der Waals surface area contributed by atoms with Crippen LogP contribution in [0.15, 0.2) is 24.3 Å². The van der Waals surface area contributed by atoms with Gasteiger partial charge in [0.1, 0.15) is 23.3 Å². The normalized spacial score (nSPS) is 22.2. The Labute approximate surface area is 376 Å². The number of hydrogen-bond donors (Lipinski definition) is 4. The molecule has 0 spiro atoms. The van der Waals surface area contributed by atoms with Crippen LogP contribution in [0.5, 0.6) is 11.5 Å². The van der Waals surface area contributed by atoms with E-state index in [1.54, 1.807) is 42.9 Å². The molecule has 0 bridgehead atoms. The number of alkyl carbamates (subject to hydrolysis) is 1. The fourth-order valence-electron chi connectivity index (χ4n) is 9.25. The maximum Gasteiger partial charge on any atom is 0.412 e. The first-order valence-electron chi connectivity index (χ1n) is 22.8. The van der Waals surface area contributed by atoms with Crippen molar-refractivity contribution in [3.8, 4) is 34.3 Å². The SMILES string of the molecule is Cc1nc(-c2nnn(C)c2NC(=O)OCCC2CC2)ccc1O[C@H]1CC(Cn2nnc(-c3ccc(O[C@H]4CCCC(C(=O)O)C4)c(C)n3)c2CNC(=O)OC2CCCC2)C[C@H](C(=O)O)C1. The molecule has 4 aromatic rings. The Balaban J connectivity index is 0.974. The van der Waals surface area contributed by atoms with Crippen LogP contribution in [0.1, 0.15) is 107 Å². The number of hydrogen-bond acceptors (Lipinski definition) is 14. The molecule has 4 heterocycles. The number of carbonyl (C=O) groups is 4. The highest BCUT2D eigenvalue weighted by molar-refractivity contribution is 5.88. The summed E-state index contributed by atoms with van der Waals surface area (Å²) in [6, 6.07) is 7.05. The third kappa shape index (κ3) is 11.5. The zero-order valence-corrected chi connectivity index (χ0v) is 37.1. The van der Waals surface area contributed by atoms with Gasteiger partial charge in [0.05, 0.1) is 65.7 Å². The Morgan fingerprint density at radius 2 is 1.35 bits per heavy atom. The first kappa shape index (κ1) is 45.2. The molecule has 20 heteroatoms. The Morgan fingerprint density at radius 3 is 2.03 bits per heavy atom. The van der Waals surface area contributed by atoms with E-state index < -0.39 is 42.1 Å². The van der Waals surface area contributed by atoms with Gasteiger partial charge in [-0.3, -0.25) is 14.9 Å². The number of aryl methyl sites for hydroxylation is 3. The molecule has 20 nitrogen and oxygen atoms in total. The fourth-order valence-corrected chi connectivity index (χ4v) is 9.25. The van der Waals surface area contributed by atoms with Crippen LogP contribution in [0.2, 0.25) is 0 Å². The summed E-state index contributed by atoms with van der Waals surface area (Å²) < 4.78 is 27.0. The van der Waals surface area contributed by atoms with Crippen molar-refractivity contribution in [2.45, 2.75) is 135 Å². The predicted molar refractivity (Wildman–Crippen MR) is 232 cm³/mol. The number of pyridine rings is 2. The Bertz CT molecular complexity index is 2360. The smallest absolute Gasteiger partial charge is 0.412 e. The van der Waals surface area contributed by atoms with Gasteiger partial charge in [-0.05, 0) is 127 Å². The molecule has 0 radical (unpaired) electrons. The summed E-state index contributed by atoms with van der Waals surface area (Å²) in [7, 11) is 1.66. The van der Waals surface area contributed by atoms with E-state index in [4.69, 9.17) is 28.9 Å². The molecular formula is C45H58N10O10. The number of nitrogens with one attached hydrogen (secondary N) is 2. The standard InChI is InChI=1S/C45H58N10O10/c1-25-37(63-32-10-6-7-29(21-32)42(56)57)15-13-34(47-25)39-36(23-46-44(60)65-31-8-4-5-9-31)55(53-50-39)24-28-19-30(43(58)59)22-33(20-28)64-38-16-14-35(48-26(38)2)40-41(54(3)52-51-40)49-45(61)62-18-17-27-11-12-27/h13-16,27-33H,4-12,17-24H2,1-3H3,(H,46,60)(H,49,61)(H,56,57)(H,58,59)/t28?,29?,30-,32-,33-/m0/s1. The van der Waals surface area contributed by atoms with Gasteiger partial charge in [-0.2, -0.15) is 0 Å². The van der Waals surface area contributed by atoms with Crippen molar-refractivity contribution in [2.75, 3.05) is 11.9 Å². The van der Waals surface area contributed by atoms with Gasteiger partial charge >= 0.3 is 24.1 Å². The highest BCUT2D eigenvalue weighted by Crippen LogP contribution is 2.37. The summed E-state index contributed by atoms with van der Waals surface area (Å²) >= 11 is 0. The van der Waals surface area contributed by atoms with E-state index in [-0.39, 0.29) is 31.1 Å². The predicted octanol–water partition coefficient (Wildman–Crippen LogP) is 6.64. The third-order valence-corrected chi connectivity index (χ3v) is 13.0. The van der Waals surface area contributed by atoms with E-state index in [9.17, 15) is 29.4 Å². The Hall–Kier alpha value is -6.34. The minimum atomic E-state index is -0.924. The van der Waals surface area contributed by atoms with Gasteiger partial charge in [0.15, 0.2) is 11.5 Å². The van der Waals surface area contributed by atoms with Gasteiger partial charge in [0, 0.05) is 13.6 Å². The van der Waals surface area contributed by atoms with Crippen molar-refractivity contribution in [2.24, 2.45) is 30.7 Å². The van der Waals surface area contributed by atoms with E-state index in [0.717, 1.165) is 44.9 Å². The Kier molecular flexibility index (Phi) is 14.1. The number of ether oxygens (including phenoxy) is 4. The van der Waals surface area contributed by atoms with Gasteiger partial charge in [0.25, 0.3) is 0 Å². The molecule has 65 heavy (non-hydrogen) atoms. The molecular weight excluding hydrogens is 841 g/mol. The maximum atomic E-state index is 13.0. The van der Waals surface area contributed by atoms with E-state index in [2.05, 4.69) is 31.3 Å². The zero-order chi connectivity index (χ0) is 45.6. The Morgan fingerprint density at radius 1 is 0.708 bits per heavy atom. The average molecular weight is 899 g/mol. The third-order valence-electron chi connectivity index (χ3n) is 13.0. The molecule has 4 saturated carbocycles. The molecule has 2 unspecified atom stereocenters. The van der Waals surface area contributed by atoms with Crippen molar-refractivity contribution >= 4 is 29.9 Å². The molecule has 0 saturated heterocycles. The average Bonchev–Trinajstić information content (AvgIpc) is 3.60. The second-order valence-corrected chi connectivity index (χ2v) is 18.0. The first-order valence-corrected chi connectivity index (χ1v) is 22.8. The summed E-state index contributed by atoms with van der Waals surface area (Å²) in [5, 5.41) is 42.9. The molecule has 8 rings (SSSR count). The number of nitrogens with zero attached hydrogens (tertiary/aromatic N) is 8. The van der Waals surface area contributed by atoms with Crippen LogP contribution < -0.4 is 20.1 Å². The largest absolute Gasteiger partial charge is 0.489 e. The molecule has 4 aliphatic carbocycles. The molecule has 348 valence electrons. The lowest BCUT2D eigenvalue weighted by Crippen LogP contribution is -2.36. The van der Waals surface area contributed by atoms with Gasteiger partial charge < -0.3 is 34.5 Å². The molecule has 0 aromatic carbocycles. The van der Waals surface area contributed by atoms with Crippen molar-refractivity contribution in [3.05, 3.63) is 41.3 Å². The van der Waals surface area contributed by atoms with Crippen LogP contribution >= 0.6 is 0 Å². The minimum absolute atomic E-state index is 0.0301. The number of amides is 2. The van der Waals surface area contributed by atoms with Gasteiger partial charge in [-0.15, -0.1) is 10.2 Å². The zero-order valence-electron chi connectivity index (χ0n) is 37.1. The van der Waals surface area contributed by atoms with E-state index in [0.29, 0.717) is 102 Å². The number of carboxylic acid groups (broad SMARTS) is 2. The highest BCUT2D eigenvalue weighted by atomic mass is 16.6. The van der Waals surface area contributed by atoms with Crippen LogP contribution in [-0.2, 0) is 39.2 Å². The second-order valence-electron chi connectivity index (χ2n) is 18.0. The number of aromatic nitrogens is 8. The van der Waals surface area contributed by atoms with Crippen LogP contribution in [0.4, 0.5) is 15.4 Å². The summed E-state index contributed by atoms with van der Waals surface area (Å²) in [5.74, 6) is -1.07. The summed E-state index contributed by atoms with van der Waals surface area (Å²) in [6.07, 6.45) is 8.61. The van der Waals surface area contributed by atoms with E-state index in [1.165, 1.54) is 17.5 Å². The number of anilines is 1. The van der Waals surface area contributed by atoms with E-state index >= 15 is 0 Å². The first-order chi connectivity index (χ1) is 31.4. The number of aliphatic carboxylic acids is 2. The van der Waals surface area contributed by atoms with Crippen molar-refractivity contribution in [1.82, 2.24) is 45.3 Å². The number of carbonyl (C=O) groups excluding carboxylic acids is 2. The number of rotatable bonds is 17. The lowest BCUT2D eigenvalue weighted by molar-refractivity contribution is -0.145. The molecule has 4 fully saturated rings. The molecule has 0 aliphatic heterocycles. The molecule has 5 atom stereocenters.